The second-order valence-corrected chi connectivity index (χ2v) is 5.22. The zero-order valence-electron chi connectivity index (χ0n) is 9.15. The molecule has 0 saturated carbocycles. The summed E-state index contributed by atoms with van der Waals surface area (Å²) in [6.45, 7) is 2.04. The third-order valence-corrected chi connectivity index (χ3v) is 4.02. The minimum Gasteiger partial charge on any atom is -0.335 e. The van der Waals surface area contributed by atoms with E-state index < -0.39 is 0 Å². The Kier molecular flexibility index (Phi) is 1.91. The number of rotatable bonds is 0. The number of para-hydroxylation sites is 1. The number of pyridine rings is 1. The Balaban J connectivity index is 2.71. The van der Waals surface area contributed by atoms with E-state index in [0.717, 1.165) is 21.1 Å². The normalized spacial score (nSPS) is 11.4. The summed E-state index contributed by atoms with van der Waals surface area (Å²) in [6.07, 6.45) is 0. The summed E-state index contributed by atoms with van der Waals surface area (Å²) < 4.78 is 2.10. The van der Waals surface area contributed by atoms with Crippen molar-refractivity contribution in [1.29, 1.82) is 0 Å². The average molecular weight is 229 g/mol. The lowest BCUT2D eigenvalue weighted by molar-refractivity contribution is 1.01. The number of fused-ring (bicyclic) bond motifs is 2. The monoisotopic (exact) mass is 229 g/mol. The number of nitrogens with zero attached hydrogens (tertiary/aromatic N) is 1. The lowest BCUT2D eigenvalue weighted by atomic mass is 10.1. The van der Waals surface area contributed by atoms with Gasteiger partial charge in [0.1, 0.15) is 4.83 Å². The maximum absolute atomic E-state index is 12.2. The molecule has 0 radical (unpaired) electrons. The van der Waals surface area contributed by atoms with Gasteiger partial charge < -0.3 is 4.57 Å². The Bertz CT molecular complexity index is 752. The Morgan fingerprint density at radius 3 is 2.75 bits per heavy atom. The van der Waals surface area contributed by atoms with Gasteiger partial charge in [-0.3, -0.25) is 4.79 Å². The van der Waals surface area contributed by atoms with Crippen molar-refractivity contribution in [2.75, 3.05) is 0 Å². The Hall–Kier alpha value is -1.61. The van der Waals surface area contributed by atoms with Gasteiger partial charge in [-0.15, -0.1) is 11.3 Å². The second-order valence-electron chi connectivity index (χ2n) is 3.98. The Labute approximate surface area is 96.8 Å². The summed E-state index contributed by atoms with van der Waals surface area (Å²) in [7, 11) is 2.01. The van der Waals surface area contributed by atoms with E-state index in [-0.39, 0.29) is 5.43 Å². The van der Waals surface area contributed by atoms with Crippen molar-refractivity contribution in [3.8, 4) is 0 Å². The molecule has 0 unspecified atom stereocenters. The molecule has 3 aromatic rings. The molecule has 0 fully saturated rings. The molecule has 2 heterocycles. The molecule has 3 heteroatoms. The smallest absolute Gasteiger partial charge is 0.198 e. The van der Waals surface area contributed by atoms with E-state index in [1.165, 1.54) is 4.88 Å². The lowest BCUT2D eigenvalue weighted by Gasteiger charge is -2.06. The fourth-order valence-corrected chi connectivity index (χ4v) is 3.10. The standard InChI is InChI=1S/C13H11NOS/c1-8-7-10-12(15)9-5-3-4-6-11(9)14(2)13(10)16-8/h3-7H,1-2H3. The predicted octanol–water partition coefficient (Wildman–Crippen LogP) is 3.06. The highest BCUT2D eigenvalue weighted by Crippen LogP contribution is 2.25. The van der Waals surface area contributed by atoms with Gasteiger partial charge in [-0.25, -0.2) is 0 Å². The molecule has 2 aromatic heterocycles. The van der Waals surface area contributed by atoms with Crippen molar-refractivity contribution in [2.45, 2.75) is 6.92 Å². The van der Waals surface area contributed by atoms with Gasteiger partial charge in [0.15, 0.2) is 5.43 Å². The summed E-state index contributed by atoms with van der Waals surface area (Å²) in [4.78, 5) is 14.5. The molecule has 0 aliphatic rings. The number of hydrogen-bond acceptors (Lipinski definition) is 2. The van der Waals surface area contributed by atoms with Gasteiger partial charge in [0, 0.05) is 17.3 Å². The highest BCUT2D eigenvalue weighted by atomic mass is 32.1. The number of benzene rings is 1. The molecule has 16 heavy (non-hydrogen) atoms. The summed E-state index contributed by atoms with van der Waals surface area (Å²) in [5, 5.41) is 1.64. The zero-order chi connectivity index (χ0) is 11.3. The minimum atomic E-state index is 0.146. The first kappa shape index (κ1) is 9.60. The van der Waals surface area contributed by atoms with E-state index in [4.69, 9.17) is 0 Å². The quantitative estimate of drug-likeness (QED) is 0.580. The number of thiophene rings is 1. The lowest BCUT2D eigenvalue weighted by Crippen LogP contribution is -2.06. The number of aromatic nitrogens is 1. The molecule has 0 amide bonds. The van der Waals surface area contributed by atoms with Crippen LogP contribution in [0.4, 0.5) is 0 Å². The molecule has 0 spiro atoms. The van der Waals surface area contributed by atoms with E-state index in [1.807, 2.05) is 44.3 Å². The maximum atomic E-state index is 12.2. The van der Waals surface area contributed by atoms with Crippen molar-refractivity contribution < 1.29 is 0 Å². The summed E-state index contributed by atoms with van der Waals surface area (Å²) in [5.41, 5.74) is 1.15. The molecule has 0 aliphatic carbocycles. The Morgan fingerprint density at radius 2 is 1.94 bits per heavy atom. The molecule has 0 aliphatic heterocycles. The molecule has 80 valence electrons. The summed E-state index contributed by atoms with van der Waals surface area (Å²) >= 11 is 1.67. The van der Waals surface area contributed by atoms with Gasteiger partial charge in [0.2, 0.25) is 0 Å². The van der Waals surface area contributed by atoms with Crippen LogP contribution < -0.4 is 5.43 Å². The minimum absolute atomic E-state index is 0.146. The molecule has 3 rings (SSSR count). The van der Waals surface area contributed by atoms with Gasteiger partial charge in [0.25, 0.3) is 0 Å². The van der Waals surface area contributed by atoms with Crippen molar-refractivity contribution in [2.24, 2.45) is 7.05 Å². The van der Waals surface area contributed by atoms with E-state index in [9.17, 15) is 4.79 Å². The van der Waals surface area contributed by atoms with Crippen LogP contribution in [-0.4, -0.2) is 4.57 Å². The van der Waals surface area contributed by atoms with E-state index >= 15 is 0 Å². The van der Waals surface area contributed by atoms with Crippen LogP contribution in [0.1, 0.15) is 4.88 Å². The van der Waals surface area contributed by atoms with E-state index in [1.54, 1.807) is 11.3 Å². The van der Waals surface area contributed by atoms with Crippen LogP contribution in [0.3, 0.4) is 0 Å². The topological polar surface area (TPSA) is 22.0 Å². The van der Waals surface area contributed by atoms with Crippen LogP contribution in [-0.2, 0) is 7.05 Å². The third-order valence-electron chi connectivity index (χ3n) is 2.89. The van der Waals surface area contributed by atoms with Gasteiger partial charge in [-0.1, -0.05) is 12.1 Å². The molecular weight excluding hydrogens is 218 g/mol. The second kappa shape index (κ2) is 3.19. The number of aryl methyl sites for hydroxylation is 2. The van der Waals surface area contributed by atoms with E-state index in [0.29, 0.717) is 0 Å². The predicted molar refractivity (Wildman–Crippen MR) is 69.3 cm³/mol. The van der Waals surface area contributed by atoms with Crippen LogP contribution in [0, 0.1) is 6.92 Å². The summed E-state index contributed by atoms with van der Waals surface area (Å²) in [6, 6.07) is 9.74. The van der Waals surface area contributed by atoms with Gasteiger partial charge >= 0.3 is 0 Å². The van der Waals surface area contributed by atoms with Gasteiger partial charge in [-0.05, 0) is 25.1 Å². The van der Waals surface area contributed by atoms with Crippen LogP contribution in [0.25, 0.3) is 21.1 Å². The summed E-state index contributed by atoms with van der Waals surface area (Å²) in [5.74, 6) is 0. The maximum Gasteiger partial charge on any atom is 0.198 e. The average Bonchev–Trinajstić information content (AvgIpc) is 2.68. The molecule has 0 N–H and O–H groups in total. The van der Waals surface area contributed by atoms with Crippen LogP contribution >= 0.6 is 11.3 Å². The first-order valence-corrected chi connectivity index (χ1v) is 5.98. The van der Waals surface area contributed by atoms with Gasteiger partial charge in [0.05, 0.1) is 10.9 Å². The third kappa shape index (κ3) is 1.15. The molecule has 0 bridgehead atoms. The molecule has 0 saturated heterocycles. The van der Waals surface area contributed by atoms with Gasteiger partial charge in [-0.2, -0.15) is 0 Å². The molecule has 1 aromatic carbocycles. The first-order chi connectivity index (χ1) is 7.68. The molecule has 2 nitrogen and oxygen atoms in total. The number of hydrogen-bond donors (Lipinski definition) is 0. The fourth-order valence-electron chi connectivity index (χ4n) is 2.13. The SMILES string of the molecule is Cc1cc2c(=O)c3ccccc3n(C)c2s1. The van der Waals surface area contributed by atoms with Crippen LogP contribution in [0.15, 0.2) is 35.1 Å². The highest BCUT2D eigenvalue weighted by molar-refractivity contribution is 7.18. The Morgan fingerprint density at radius 1 is 1.19 bits per heavy atom. The van der Waals surface area contributed by atoms with Crippen LogP contribution in [0.2, 0.25) is 0 Å². The van der Waals surface area contributed by atoms with Crippen LogP contribution in [0.5, 0.6) is 0 Å². The van der Waals surface area contributed by atoms with Crippen molar-refractivity contribution in [1.82, 2.24) is 4.57 Å². The zero-order valence-corrected chi connectivity index (χ0v) is 9.97. The largest absolute Gasteiger partial charge is 0.335 e. The van der Waals surface area contributed by atoms with E-state index in [2.05, 4.69) is 4.57 Å². The van der Waals surface area contributed by atoms with Crippen molar-refractivity contribution >= 4 is 32.5 Å². The van der Waals surface area contributed by atoms with Crippen molar-refractivity contribution in [3.05, 3.63) is 45.4 Å². The molecular formula is C13H11NOS. The molecule has 0 atom stereocenters. The van der Waals surface area contributed by atoms with Crippen molar-refractivity contribution in [3.63, 3.8) is 0 Å². The fraction of sp³-hybridized carbons (Fsp3) is 0.154. The first-order valence-electron chi connectivity index (χ1n) is 5.16. The highest BCUT2D eigenvalue weighted by Gasteiger charge is 2.09.